The molecule has 1 heterocycles. The van der Waals surface area contributed by atoms with Gasteiger partial charge in [-0.2, -0.15) is 0 Å². The number of nitrogens with zero attached hydrogens (tertiary/aromatic N) is 1. The number of morpholine rings is 1. The molecule has 1 aliphatic rings. The number of amides is 1. The number of anilines is 1. The molecule has 17 heavy (non-hydrogen) atoms. The van der Waals surface area contributed by atoms with Gasteiger partial charge in [-0.1, -0.05) is 0 Å². The van der Waals surface area contributed by atoms with Crippen molar-refractivity contribution in [2.45, 2.75) is 0 Å². The van der Waals surface area contributed by atoms with Crippen molar-refractivity contribution in [3.8, 4) is 0 Å². The van der Waals surface area contributed by atoms with E-state index in [0.717, 1.165) is 0 Å². The topological polar surface area (TPSA) is 67.6 Å². The van der Waals surface area contributed by atoms with Crippen molar-refractivity contribution in [1.82, 2.24) is 10.4 Å². The van der Waals surface area contributed by atoms with E-state index in [4.69, 9.17) is 10.5 Å². The number of rotatable bonds is 2. The van der Waals surface area contributed by atoms with Crippen LogP contribution in [0.15, 0.2) is 18.2 Å². The number of benzene rings is 1. The van der Waals surface area contributed by atoms with Gasteiger partial charge in [-0.3, -0.25) is 10.2 Å². The van der Waals surface area contributed by atoms with Crippen LogP contribution in [-0.4, -0.2) is 37.2 Å². The molecular weight excluding hydrogens is 225 g/mol. The lowest BCUT2D eigenvalue weighted by Gasteiger charge is -2.26. The molecule has 0 radical (unpaired) electrons. The van der Waals surface area contributed by atoms with E-state index in [1.807, 2.05) is 0 Å². The third kappa shape index (κ3) is 2.92. The van der Waals surface area contributed by atoms with Gasteiger partial charge in [0.1, 0.15) is 5.82 Å². The number of hydrogen-bond donors (Lipinski definition) is 2. The van der Waals surface area contributed by atoms with Crippen LogP contribution in [0.4, 0.5) is 10.1 Å². The molecule has 1 amide bonds. The van der Waals surface area contributed by atoms with Crippen molar-refractivity contribution in [1.29, 1.82) is 0 Å². The van der Waals surface area contributed by atoms with Gasteiger partial charge >= 0.3 is 0 Å². The lowest BCUT2D eigenvalue weighted by atomic mass is 10.2. The summed E-state index contributed by atoms with van der Waals surface area (Å²) in [6, 6.07) is 3.93. The number of hydrazine groups is 1. The van der Waals surface area contributed by atoms with Crippen molar-refractivity contribution >= 4 is 11.6 Å². The molecule has 0 aromatic heterocycles. The van der Waals surface area contributed by atoms with Crippen LogP contribution in [0.25, 0.3) is 0 Å². The van der Waals surface area contributed by atoms with E-state index in [2.05, 4.69) is 5.43 Å². The summed E-state index contributed by atoms with van der Waals surface area (Å²) in [4.78, 5) is 11.8. The van der Waals surface area contributed by atoms with E-state index in [9.17, 15) is 9.18 Å². The molecule has 2 rings (SSSR count). The molecule has 1 aromatic rings. The maximum atomic E-state index is 13.4. The van der Waals surface area contributed by atoms with Crippen LogP contribution in [-0.2, 0) is 4.74 Å². The highest BCUT2D eigenvalue weighted by molar-refractivity contribution is 5.94. The molecule has 0 saturated carbocycles. The number of halogens is 1. The SMILES string of the molecule is Nc1ccc(F)c(C(=O)NN2CCOCC2)c1. The van der Waals surface area contributed by atoms with Crippen molar-refractivity contribution in [2.75, 3.05) is 32.0 Å². The first-order chi connectivity index (χ1) is 8.16. The van der Waals surface area contributed by atoms with Crippen molar-refractivity contribution < 1.29 is 13.9 Å². The van der Waals surface area contributed by atoms with Crippen LogP contribution in [0, 0.1) is 5.82 Å². The third-order valence-corrected chi connectivity index (χ3v) is 2.51. The van der Waals surface area contributed by atoms with Crippen LogP contribution < -0.4 is 11.2 Å². The standard InChI is InChI=1S/C11H14FN3O2/c12-10-2-1-8(13)7-9(10)11(16)14-15-3-5-17-6-4-15/h1-2,7H,3-6,13H2,(H,14,16). The number of carbonyl (C=O) groups excluding carboxylic acids is 1. The summed E-state index contributed by atoms with van der Waals surface area (Å²) in [7, 11) is 0. The second-order valence-corrected chi connectivity index (χ2v) is 3.78. The fourth-order valence-corrected chi connectivity index (χ4v) is 1.60. The van der Waals surface area contributed by atoms with E-state index in [1.54, 1.807) is 5.01 Å². The van der Waals surface area contributed by atoms with Crippen LogP contribution in [0.3, 0.4) is 0 Å². The predicted molar refractivity (Wildman–Crippen MR) is 60.7 cm³/mol. The smallest absolute Gasteiger partial charge is 0.268 e. The van der Waals surface area contributed by atoms with Crippen molar-refractivity contribution in [3.63, 3.8) is 0 Å². The maximum absolute atomic E-state index is 13.4. The molecule has 3 N–H and O–H groups in total. The third-order valence-electron chi connectivity index (χ3n) is 2.51. The molecule has 0 bridgehead atoms. The highest BCUT2D eigenvalue weighted by atomic mass is 19.1. The van der Waals surface area contributed by atoms with Crippen molar-refractivity contribution in [3.05, 3.63) is 29.6 Å². The average molecular weight is 239 g/mol. The summed E-state index contributed by atoms with van der Waals surface area (Å²) in [6.07, 6.45) is 0. The lowest BCUT2D eigenvalue weighted by molar-refractivity contribution is 0.0125. The molecular formula is C11H14FN3O2. The van der Waals surface area contributed by atoms with Gasteiger partial charge in [-0.05, 0) is 18.2 Å². The van der Waals surface area contributed by atoms with Gasteiger partial charge in [0.2, 0.25) is 0 Å². The van der Waals surface area contributed by atoms with E-state index >= 15 is 0 Å². The molecule has 1 aliphatic heterocycles. The Hall–Kier alpha value is -1.66. The van der Waals surface area contributed by atoms with Gasteiger partial charge in [0.15, 0.2) is 0 Å². The van der Waals surface area contributed by atoms with Gasteiger partial charge in [0, 0.05) is 18.8 Å². The summed E-state index contributed by atoms with van der Waals surface area (Å²) in [6.45, 7) is 2.30. The number of hydrogen-bond acceptors (Lipinski definition) is 4. The van der Waals surface area contributed by atoms with Gasteiger partial charge in [0.25, 0.3) is 5.91 Å². The maximum Gasteiger partial charge on any atom is 0.268 e. The Morgan fingerprint density at radius 3 is 2.82 bits per heavy atom. The second-order valence-electron chi connectivity index (χ2n) is 3.78. The minimum atomic E-state index is -0.579. The Morgan fingerprint density at radius 1 is 1.41 bits per heavy atom. The summed E-state index contributed by atoms with van der Waals surface area (Å²) in [5.74, 6) is -1.07. The first-order valence-corrected chi connectivity index (χ1v) is 5.35. The fraction of sp³-hybridized carbons (Fsp3) is 0.364. The monoisotopic (exact) mass is 239 g/mol. The number of nitrogens with one attached hydrogen (secondary N) is 1. The van der Waals surface area contributed by atoms with Crippen LogP contribution in [0.2, 0.25) is 0 Å². The van der Waals surface area contributed by atoms with Crippen LogP contribution >= 0.6 is 0 Å². The highest BCUT2D eigenvalue weighted by Crippen LogP contribution is 2.12. The summed E-state index contributed by atoms with van der Waals surface area (Å²) >= 11 is 0. The molecule has 92 valence electrons. The van der Waals surface area contributed by atoms with E-state index < -0.39 is 11.7 Å². The van der Waals surface area contributed by atoms with Crippen molar-refractivity contribution in [2.24, 2.45) is 0 Å². The minimum Gasteiger partial charge on any atom is -0.399 e. The Balaban J connectivity index is 2.05. The lowest BCUT2D eigenvalue weighted by Crippen LogP contribution is -2.48. The molecule has 1 saturated heterocycles. The molecule has 0 aliphatic carbocycles. The van der Waals surface area contributed by atoms with Gasteiger partial charge in [-0.15, -0.1) is 0 Å². The Bertz CT molecular complexity index is 419. The Morgan fingerprint density at radius 2 is 2.12 bits per heavy atom. The van der Waals surface area contributed by atoms with Gasteiger partial charge in [-0.25, -0.2) is 9.40 Å². The highest BCUT2D eigenvalue weighted by Gasteiger charge is 2.17. The predicted octanol–water partition coefficient (Wildman–Crippen LogP) is 0.385. The van der Waals surface area contributed by atoms with E-state index in [-0.39, 0.29) is 5.56 Å². The second kappa shape index (κ2) is 5.11. The molecule has 1 aromatic carbocycles. The Labute approximate surface area is 98.3 Å². The fourth-order valence-electron chi connectivity index (χ4n) is 1.60. The molecule has 0 atom stereocenters. The first-order valence-electron chi connectivity index (χ1n) is 5.35. The van der Waals surface area contributed by atoms with E-state index in [1.165, 1.54) is 18.2 Å². The Kier molecular flexibility index (Phi) is 3.55. The zero-order valence-electron chi connectivity index (χ0n) is 9.28. The molecule has 0 spiro atoms. The quantitative estimate of drug-likeness (QED) is 0.732. The largest absolute Gasteiger partial charge is 0.399 e. The van der Waals surface area contributed by atoms with Crippen LogP contribution in [0.1, 0.15) is 10.4 Å². The first kappa shape index (κ1) is 11.8. The summed E-state index contributed by atoms with van der Waals surface area (Å²) in [5, 5.41) is 1.70. The molecule has 5 nitrogen and oxygen atoms in total. The molecule has 6 heteroatoms. The zero-order chi connectivity index (χ0) is 12.3. The number of nitrogens with two attached hydrogens (primary N) is 1. The average Bonchev–Trinajstić information content (AvgIpc) is 2.33. The van der Waals surface area contributed by atoms with Gasteiger partial charge < -0.3 is 10.5 Å². The molecule has 0 unspecified atom stereocenters. The number of nitrogen functional groups attached to an aromatic ring is 1. The summed E-state index contributed by atoms with van der Waals surface area (Å²) < 4.78 is 18.6. The minimum absolute atomic E-state index is 0.0449. The molecule has 1 fully saturated rings. The summed E-state index contributed by atoms with van der Waals surface area (Å²) in [5.41, 5.74) is 8.46. The normalized spacial score (nSPS) is 16.8. The van der Waals surface area contributed by atoms with Gasteiger partial charge in [0.05, 0.1) is 18.8 Å². The number of ether oxygens (including phenoxy) is 1. The zero-order valence-corrected chi connectivity index (χ0v) is 9.28. The number of carbonyl (C=O) groups is 1. The van der Waals surface area contributed by atoms with Crippen LogP contribution in [0.5, 0.6) is 0 Å². The van der Waals surface area contributed by atoms with E-state index in [0.29, 0.717) is 32.0 Å².